The van der Waals surface area contributed by atoms with Gasteiger partial charge in [0.05, 0.1) is 21.7 Å². The van der Waals surface area contributed by atoms with Gasteiger partial charge >= 0.3 is 0 Å². The first-order valence-electron chi connectivity index (χ1n) is 5.78. The van der Waals surface area contributed by atoms with Gasteiger partial charge in [-0.1, -0.05) is 6.07 Å². The minimum absolute atomic E-state index is 0.0126. The van der Waals surface area contributed by atoms with Crippen molar-refractivity contribution in [1.29, 1.82) is 0 Å². The van der Waals surface area contributed by atoms with Crippen molar-refractivity contribution in [3.8, 4) is 0 Å². The Hall–Kier alpha value is -1.73. The summed E-state index contributed by atoms with van der Waals surface area (Å²) >= 11 is 0. The highest BCUT2D eigenvalue weighted by molar-refractivity contribution is 7.92. The molecule has 9 nitrogen and oxygen atoms in total. The summed E-state index contributed by atoms with van der Waals surface area (Å²) in [7, 11) is -13.0. The fourth-order valence-electron chi connectivity index (χ4n) is 1.91. The second kappa shape index (κ2) is 5.42. The summed E-state index contributed by atoms with van der Waals surface area (Å²) < 4.78 is 87.8. The fourth-order valence-corrected chi connectivity index (χ4v) is 3.54. The van der Waals surface area contributed by atoms with Crippen LogP contribution in [0.2, 0.25) is 0 Å². The van der Waals surface area contributed by atoms with Gasteiger partial charge in [0.1, 0.15) is 0 Å². The maximum Gasteiger partial charge on any atom is 0.294 e. The van der Waals surface area contributed by atoms with Gasteiger partial charge in [-0.15, -0.1) is 0 Å². The standard InChI is InChI=1S/C11H11NO8S3/c1-21(13,14)12-11-6-9(23(18,19)20)5-7-4-8(22(15,16)17)2-3-10(7)11/h2-6,12H,1H3,(H,15,16,17)(H,18,19,20). The number of nitrogens with one attached hydrogen (secondary N) is 1. The van der Waals surface area contributed by atoms with Crippen molar-refractivity contribution in [1.82, 2.24) is 0 Å². The lowest BCUT2D eigenvalue weighted by Crippen LogP contribution is -2.11. The Balaban J connectivity index is 2.88. The smallest absolute Gasteiger partial charge is 0.283 e. The van der Waals surface area contributed by atoms with Gasteiger partial charge in [-0.2, -0.15) is 16.8 Å². The quantitative estimate of drug-likeness (QED) is 0.654. The molecule has 12 heteroatoms. The second-order valence-electron chi connectivity index (χ2n) is 4.68. The molecule has 0 aliphatic rings. The van der Waals surface area contributed by atoms with Crippen LogP contribution in [0.1, 0.15) is 0 Å². The molecular weight excluding hydrogens is 370 g/mol. The Morgan fingerprint density at radius 2 is 1.35 bits per heavy atom. The number of anilines is 1. The van der Waals surface area contributed by atoms with Gasteiger partial charge in [0.2, 0.25) is 10.0 Å². The van der Waals surface area contributed by atoms with E-state index in [-0.39, 0.29) is 16.5 Å². The van der Waals surface area contributed by atoms with Crippen LogP contribution in [-0.2, 0) is 30.3 Å². The van der Waals surface area contributed by atoms with Crippen molar-refractivity contribution in [2.24, 2.45) is 0 Å². The van der Waals surface area contributed by atoms with Crippen molar-refractivity contribution in [3.63, 3.8) is 0 Å². The van der Waals surface area contributed by atoms with Gasteiger partial charge in [0.25, 0.3) is 20.2 Å². The van der Waals surface area contributed by atoms with E-state index in [2.05, 4.69) is 4.72 Å². The Labute approximate surface area is 132 Å². The van der Waals surface area contributed by atoms with E-state index in [1.807, 2.05) is 0 Å². The van der Waals surface area contributed by atoms with Crippen LogP contribution in [0.25, 0.3) is 10.8 Å². The Morgan fingerprint density at radius 3 is 1.83 bits per heavy atom. The molecule has 0 heterocycles. The van der Waals surface area contributed by atoms with Crippen LogP contribution in [-0.4, -0.2) is 40.6 Å². The van der Waals surface area contributed by atoms with E-state index in [0.717, 1.165) is 30.5 Å². The molecule has 0 bridgehead atoms. The molecule has 2 aromatic carbocycles. The van der Waals surface area contributed by atoms with E-state index in [4.69, 9.17) is 9.11 Å². The second-order valence-corrected chi connectivity index (χ2v) is 9.27. The number of sulfonamides is 1. The predicted octanol–water partition coefficient (Wildman–Crippen LogP) is 0.705. The van der Waals surface area contributed by atoms with E-state index >= 15 is 0 Å². The van der Waals surface area contributed by atoms with Crippen LogP contribution in [0.5, 0.6) is 0 Å². The van der Waals surface area contributed by atoms with Gasteiger partial charge in [-0.05, 0) is 29.7 Å². The molecule has 0 radical (unpaired) electrons. The fraction of sp³-hybridized carbons (Fsp3) is 0.0909. The van der Waals surface area contributed by atoms with Gasteiger partial charge in [0.15, 0.2) is 0 Å². The molecule has 3 N–H and O–H groups in total. The first-order valence-corrected chi connectivity index (χ1v) is 10.6. The average Bonchev–Trinajstić information content (AvgIpc) is 2.33. The van der Waals surface area contributed by atoms with Crippen LogP contribution in [0.4, 0.5) is 5.69 Å². The van der Waals surface area contributed by atoms with Crippen LogP contribution in [0.3, 0.4) is 0 Å². The van der Waals surface area contributed by atoms with Gasteiger partial charge in [0, 0.05) is 5.39 Å². The van der Waals surface area contributed by atoms with Gasteiger partial charge < -0.3 is 0 Å². The highest BCUT2D eigenvalue weighted by Gasteiger charge is 2.17. The topological polar surface area (TPSA) is 155 Å². The SMILES string of the molecule is CS(=O)(=O)Nc1cc(S(=O)(=O)O)cc2cc(S(=O)(=O)O)ccc12. The van der Waals surface area contributed by atoms with Gasteiger partial charge in [-0.3, -0.25) is 13.8 Å². The molecule has 0 aliphatic heterocycles. The van der Waals surface area contributed by atoms with E-state index in [1.165, 1.54) is 6.07 Å². The summed E-state index contributed by atoms with van der Waals surface area (Å²) in [6.07, 6.45) is 0.839. The summed E-state index contributed by atoms with van der Waals surface area (Å²) in [5.74, 6) is 0. The minimum Gasteiger partial charge on any atom is -0.283 e. The molecular formula is C11H11NO8S3. The molecule has 0 unspecified atom stereocenters. The molecule has 0 saturated heterocycles. The Morgan fingerprint density at radius 1 is 0.826 bits per heavy atom. The van der Waals surface area contributed by atoms with Crippen LogP contribution in [0, 0.1) is 0 Å². The van der Waals surface area contributed by atoms with E-state index in [9.17, 15) is 25.3 Å². The molecule has 2 aromatic rings. The van der Waals surface area contributed by atoms with Crippen molar-refractivity contribution in [3.05, 3.63) is 30.3 Å². The molecule has 0 amide bonds. The third-order valence-corrected chi connectivity index (χ3v) is 5.06. The van der Waals surface area contributed by atoms with E-state index < -0.39 is 40.1 Å². The number of benzene rings is 2. The van der Waals surface area contributed by atoms with Crippen molar-refractivity contribution in [2.75, 3.05) is 11.0 Å². The Bertz CT molecular complexity index is 1100. The number of rotatable bonds is 4. The molecule has 0 aromatic heterocycles. The van der Waals surface area contributed by atoms with Crippen LogP contribution in [0.15, 0.2) is 40.1 Å². The summed E-state index contributed by atoms with van der Waals surface area (Å²) in [5.41, 5.74) is -0.167. The zero-order valence-corrected chi connectivity index (χ0v) is 13.9. The third-order valence-electron chi connectivity index (χ3n) is 2.79. The summed E-state index contributed by atoms with van der Waals surface area (Å²) in [4.78, 5) is -1.15. The van der Waals surface area contributed by atoms with Crippen LogP contribution >= 0.6 is 0 Å². The average molecular weight is 381 g/mol. The van der Waals surface area contributed by atoms with E-state index in [0.29, 0.717) is 0 Å². The van der Waals surface area contributed by atoms with E-state index in [1.54, 1.807) is 0 Å². The summed E-state index contributed by atoms with van der Waals surface area (Å²) in [5, 5.41) is 0.164. The zero-order chi connectivity index (χ0) is 17.6. The minimum atomic E-state index is -4.67. The molecule has 0 fully saturated rings. The number of hydrogen-bond donors (Lipinski definition) is 3. The van der Waals surface area contributed by atoms with Crippen LogP contribution < -0.4 is 4.72 Å². The first kappa shape index (κ1) is 17.6. The molecule has 23 heavy (non-hydrogen) atoms. The normalized spacial score (nSPS) is 13.2. The number of hydrogen-bond acceptors (Lipinski definition) is 6. The Kier molecular flexibility index (Phi) is 4.15. The number of fused-ring (bicyclic) bond motifs is 1. The maximum atomic E-state index is 11.4. The first-order chi connectivity index (χ1) is 10.3. The molecule has 0 atom stereocenters. The third kappa shape index (κ3) is 4.17. The molecule has 2 rings (SSSR count). The summed E-state index contributed by atoms with van der Waals surface area (Å²) in [6, 6.07) is 5.02. The van der Waals surface area contributed by atoms with Gasteiger partial charge in [-0.25, -0.2) is 8.42 Å². The largest absolute Gasteiger partial charge is 0.294 e. The monoisotopic (exact) mass is 381 g/mol. The lowest BCUT2D eigenvalue weighted by Gasteiger charge is -2.11. The van der Waals surface area contributed by atoms with Crippen molar-refractivity contribution >= 4 is 46.7 Å². The molecule has 0 spiro atoms. The molecule has 0 saturated carbocycles. The maximum absolute atomic E-state index is 11.4. The van der Waals surface area contributed by atoms with Crippen molar-refractivity contribution in [2.45, 2.75) is 9.79 Å². The zero-order valence-electron chi connectivity index (χ0n) is 11.5. The highest BCUT2D eigenvalue weighted by Crippen LogP contribution is 2.30. The lowest BCUT2D eigenvalue weighted by atomic mass is 10.1. The molecule has 0 aliphatic carbocycles. The van der Waals surface area contributed by atoms with Crippen molar-refractivity contribution < 1.29 is 34.4 Å². The summed E-state index contributed by atoms with van der Waals surface area (Å²) in [6.45, 7) is 0. The lowest BCUT2D eigenvalue weighted by molar-refractivity contribution is 0.481. The highest BCUT2D eigenvalue weighted by atomic mass is 32.2. The predicted molar refractivity (Wildman–Crippen MR) is 82.0 cm³/mol. The molecule has 126 valence electrons.